The Morgan fingerprint density at radius 3 is 2.54 bits per heavy atom. The monoisotopic (exact) mass is 631 g/mol. The highest BCUT2D eigenvalue weighted by Crippen LogP contribution is 2.46. The lowest BCUT2D eigenvalue weighted by atomic mass is 10.0. The quantitative estimate of drug-likeness (QED) is 0.245. The van der Waals surface area contributed by atoms with E-state index in [9.17, 15) is 18.9 Å². The topological polar surface area (TPSA) is 147 Å². The second kappa shape index (κ2) is 13.9. The first-order chi connectivity index (χ1) is 18.3. The Hall–Kier alpha value is -2.28. The van der Waals surface area contributed by atoms with Crippen LogP contribution >= 0.6 is 23.7 Å². The lowest BCUT2D eigenvalue weighted by Gasteiger charge is -2.26. The lowest BCUT2D eigenvalue weighted by Crippen LogP contribution is -2.39. The first kappa shape index (κ1) is 31.3. The van der Waals surface area contributed by atoms with E-state index in [1.165, 1.54) is 10.8 Å². The number of aromatic amines is 1. The van der Waals surface area contributed by atoms with E-state index in [-0.39, 0.29) is 31.0 Å². The standard InChI is InChI=1S/C25H35BrN3O9P/c1-15(2)6-11-20(24(31)36-16(3)4)28-39(33,38-19-9-7-18(26)8-10-19)35-14-22-34-13-21(37-22)29-12-17(5)23(30)27-25(29)32/h7-10,12,15-16,20-22H,6,11,13-14H2,1-5H3,(H,28,33)(H,27,30,32)/t20-,21+,22+,39?/m0/s1. The van der Waals surface area contributed by atoms with Crippen molar-refractivity contribution in [3.8, 4) is 5.75 Å². The van der Waals surface area contributed by atoms with Crippen LogP contribution in [0.4, 0.5) is 0 Å². The first-order valence-corrected chi connectivity index (χ1v) is 15.0. The molecule has 0 bridgehead atoms. The summed E-state index contributed by atoms with van der Waals surface area (Å²) in [6, 6.07) is 5.65. The number of H-pyrrole nitrogens is 1. The fraction of sp³-hybridized carbons (Fsp3) is 0.560. The number of nitrogens with zero attached hydrogens (tertiary/aromatic N) is 1. The van der Waals surface area contributed by atoms with E-state index in [2.05, 4.69) is 26.0 Å². The van der Waals surface area contributed by atoms with Gasteiger partial charge in [-0.25, -0.2) is 9.36 Å². The number of carbonyl (C=O) groups excluding carboxylic acids is 1. The first-order valence-electron chi connectivity index (χ1n) is 12.6. The van der Waals surface area contributed by atoms with Crippen molar-refractivity contribution in [1.29, 1.82) is 0 Å². The van der Waals surface area contributed by atoms with Crippen LogP contribution in [0, 0.1) is 12.8 Å². The summed E-state index contributed by atoms with van der Waals surface area (Å²) in [4.78, 5) is 39.0. The summed E-state index contributed by atoms with van der Waals surface area (Å²) in [5.74, 6) is -0.0450. The van der Waals surface area contributed by atoms with Gasteiger partial charge in [0.05, 0.1) is 12.7 Å². The highest BCUT2D eigenvalue weighted by atomic mass is 79.9. The fourth-order valence-corrected chi connectivity index (χ4v) is 5.38. The Kier molecular flexibility index (Phi) is 11.1. The van der Waals surface area contributed by atoms with Crippen LogP contribution in [0.3, 0.4) is 0 Å². The van der Waals surface area contributed by atoms with E-state index in [0.717, 1.165) is 4.47 Å². The molecule has 1 aliphatic rings. The van der Waals surface area contributed by atoms with Gasteiger partial charge in [-0.3, -0.25) is 23.7 Å². The summed E-state index contributed by atoms with van der Waals surface area (Å²) in [6.07, 6.45) is 0.169. The summed E-state index contributed by atoms with van der Waals surface area (Å²) in [5.41, 5.74) is -0.811. The smallest absolute Gasteiger partial charge is 0.459 e. The molecule has 14 heteroatoms. The average molecular weight is 632 g/mol. The summed E-state index contributed by atoms with van der Waals surface area (Å²) in [6.45, 7) is 8.69. The third kappa shape index (κ3) is 9.40. The Morgan fingerprint density at radius 1 is 1.21 bits per heavy atom. The molecule has 1 aromatic carbocycles. The van der Waals surface area contributed by atoms with E-state index in [1.807, 2.05) is 13.8 Å². The van der Waals surface area contributed by atoms with Gasteiger partial charge in [0.25, 0.3) is 5.56 Å². The van der Waals surface area contributed by atoms with E-state index in [0.29, 0.717) is 18.4 Å². The third-order valence-electron chi connectivity index (χ3n) is 5.59. The largest absolute Gasteiger partial charge is 0.462 e. The SMILES string of the molecule is Cc1cn([C@H]2CO[C@@H](COP(=O)(N[C@@H](CCC(C)C)C(=O)OC(C)C)Oc3ccc(Br)cc3)O2)c(=O)[nH]c1=O. The normalized spacial score (nSPS) is 19.7. The maximum absolute atomic E-state index is 14.0. The molecule has 0 radical (unpaired) electrons. The summed E-state index contributed by atoms with van der Waals surface area (Å²) in [5, 5.41) is 2.76. The molecule has 0 aliphatic carbocycles. The zero-order chi connectivity index (χ0) is 28.7. The van der Waals surface area contributed by atoms with Gasteiger partial charge in [0.1, 0.15) is 18.4 Å². The van der Waals surface area contributed by atoms with E-state index < -0.39 is 43.5 Å². The van der Waals surface area contributed by atoms with Gasteiger partial charge >= 0.3 is 19.4 Å². The van der Waals surface area contributed by atoms with E-state index >= 15 is 0 Å². The number of rotatable bonds is 13. The molecule has 1 aromatic heterocycles. The average Bonchev–Trinajstić information content (AvgIpc) is 3.33. The molecule has 1 saturated heterocycles. The molecule has 0 amide bonds. The molecule has 4 atom stereocenters. The maximum Gasteiger partial charge on any atom is 0.459 e. The number of hydrogen-bond donors (Lipinski definition) is 2. The van der Waals surface area contributed by atoms with Gasteiger partial charge in [0, 0.05) is 16.2 Å². The van der Waals surface area contributed by atoms with Gasteiger partial charge in [-0.1, -0.05) is 29.8 Å². The number of halogens is 1. The Balaban J connectivity index is 1.77. The number of hydrogen-bond acceptors (Lipinski definition) is 9. The van der Waals surface area contributed by atoms with Crippen molar-refractivity contribution in [2.45, 2.75) is 72.1 Å². The molecule has 2 N–H and O–H groups in total. The molecular weight excluding hydrogens is 597 g/mol. The zero-order valence-corrected chi connectivity index (χ0v) is 25.0. The Bertz CT molecular complexity index is 1280. The molecule has 1 fully saturated rings. The minimum absolute atomic E-state index is 0.0115. The molecule has 39 heavy (non-hydrogen) atoms. The van der Waals surface area contributed by atoms with Crippen LogP contribution < -0.4 is 20.9 Å². The molecule has 3 rings (SSSR count). The molecule has 0 saturated carbocycles. The van der Waals surface area contributed by atoms with Crippen LogP contribution in [0.1, 0.15) is 52.3 Å². The predicted octanol–water partition coefficient (Wildman–Crippen LogP) is 4.03. The van der Waals surface area contributed by atoms with Crippen molar-refractivity contribution in [3.05, 3.63) is 61.3 Å². The van der Waals surface area contributed by atoms with Gasteiger partial charge in [-0.05, 0) is 63.8 Å². The highest BCUT2D eigenvalue weighted by Gasteiger charge is 2.37. The summed E-state index contributed by atoms with van der Waals surface area (Å²) in [7, 11) is -4.18. The summed E-state index contributed by atoms with van der Waals surface area (Å²) < 4.78 is 44.2. The number of ether oxygens (including phenoxy) is 3. The maximum atomic E-state index is 14.0. The van der Waals surface area contributed by atoms with Gasteiger partial charge in [0.15, 0.2) is 12.5 Å². The highest BCUT2D eigenvalue weighted by molar-refractivity contribution is 9.10. The Labute approximate surface area is 235 Å². The van der Waals surface area contributed by atoms with Gasteiger partial charge < -0.3 is 18.7 Å². The molecule has 216 valence electrons. The van der Waals surface area contributed by atoms with Crippen molar-refractivity contribution >= 4 is 29.6 Å². The van der Waals surface area contributed by atoms with Crippen molar-refractivity contribution in [2.24, 2.45) is 5.92 Å². The summed E-state index contributed by atoms with van der Waals surface area (Å²) >= 11 is 3.35. The molecule has 2 heterocycles. The van der Waals surface area contributed by atoms with Crippen molar-refractivity contribution in [1.82, 2.24) is 14.6 Å². The van der Waals surface area contributed by atoms with Gasteiger partial charge in [0.2, 0.25) is 0 Å². The minimum atomic E-state index is -4.18. The third-order valence-corrected chi connectivity index (χ3v) is 7.69. The number of aryl methyl sites for hydroxylation is 1. The fourth-order valence-electron chi connectivity index (χ4n) is 3.60. The number of benzene rings is 1. The van der Waals surface area contributed by atoms with Crippen molar-refractivity contribution < 1.29 is 32.6 Å². The van der Waals surface area contributed by atoms with Crippen LogP contribution in [0.25, 0.3) is 0 Å². The molecule has 1 aliphatic heterocycles. The molecular formula is C25H35BrN3O9P. The van der Waals surface area contributed by atoms with Crippen molar-refractivity contribution in [2.75, 3.05) is 13.2 Å². The number of esters is 1. The lowest BCUT2D eigenvalue weighted by molar-refractivity contribution is -0.149. The van der Waals surface area contributed by atoms with Gasteiger partial charge in [-0.15, -0.1) is 0 Å². The molecule has 12 nitrogen and oxygen atoms in total. The molecule has 1 unspecified atom stereocenters. The second-order valence-electron chi connectivity index (χ2n) is 9.81. The minimum Gasteiger partial charge on any atom is -0.462 e. The van der Waals surface area contributed by atoms with Crippen LogP contribution in [0.2, 0.25) is 0 Å². The van der Waals surface area contributed by atoms with Gasteiger partial charge in [-0.2, -0.15) is 5.09 Å². The number of nitrogens with one attached hydrogen (secondary N) is 2. The number of aromatic nitrogens is 2. The van der Waals surface area contributed by atoms with E-state index in [4.69, 9.17) is 23.3 Å². The Morgan fingerprint density at radius 2 is 1.90 bits per heavy atom. The second-order valence-corrected chi connectivity index (χ2v) is 12.4. The number of carbonyl (C=O) groups is 1. The van der Waals surface area contributed by atoms with Crippen LogP contribution in [-0.2, 0) is 28.1 Å². The molecule has 0 spiro atoms. The van der Waals surface area contributed by atoms with Crippen molar-refractivity contribution in [3.63, 3.8) is 0 Å². The zero-order valence-electron chi connectivity index (χ0n) is 22.5. The van der Waals surface area contributed by atoms with Crippen LogP contribution in [-0.4, -0.2) is 47.2 Å². The predicted molar refractivity (Wildman–Crippen MR) is 146 cm³/mol. The molecule has 2 aromatic rings. The van der Waals surface area contributed by atoms with Crippen LogP contribution in [0.15, 0.2) is 44.5 Å². The van der Waals surface area contributed by atoms with Crippen LogP contribution in [0.5, 0.6) is 5.75 Å². The van der Waals surface area contributed by atoms with E-state index in [1.54, 1.807) is 45.0 Å².